The summed E-state index contributed by atoms with van der Waals surface area (Å²) < 4.78 is 5.45. The summed E-state index contributed by atoms with van der Waals surface area (Å²) in [4.78, 5) is 19.9. The van der Waals surface area contributed by atoms with E-state index < -0.39 is 5.92 Å². The summed E-state index contributed by atoms with van der Waals surface area (Å²) >= 11 is 0. The predicted octanol–water partition coefficient (Wildman–Crippen LogP) is 5.08. The van der Waals surface area contributed by atoms with Crippen molar-refractivity contribution in [2.75, 3.05) is 6.54 Å². The number of hydrogen-bond acceptors (Lipinski definition) is 4. The molecule has 1 heterocycles. The van der Waals surface area contributed by atoms with Crippen molar-refractivity contribution in [2.45, 2.75) is 12.5 Å². The van der Waals surface area contributed by atoms with Crippen molar-refractivity contribution in [1.29, 1.82) is 0 Å². The first kappa shape index (κ1) is 20.3. The first-order chi connectivity index (χ1) is 15.3. The Morgan fingerprint density at radius 2 is 1.45 bits per heavy atom. The minimum Gasteiger partial charge on any atom is -0.337 e. The van der Waals surface area contributed by atoms with Gasteiger partial charge in [0.2, 0.25) is 17.6 Å². The summed E-state index contributed by atoms with van der Waals surface area (Å²) in [5.41, 5.74) is 2.73. The molecule has 0 aliphatic carbocycles. The summed E-state index contributed by atoms with van der Waals surface area (Å²) in [7, 11) is 0. The molecule has 0 aliphatic heterocycles. The number of nitrogens with zero attached hydrogens (tertiary/aromatic N) is 3. The summed E-state index contributed by atoms with van der Waals surface area (Å²) in [5.74, 6) is 0.411. The minimum absolute atomic E-state index is 0.0447. The molecule has 1 amide bonds. The summed E-state index contributed by atoms with van der Waals surface area (Å²) in [6.45, 7) is 4.40. The van der Waals surface area contributed by atoms with Gasteiger partial charge in [0.25, 0.3) is 0 Å². The van der Waals surface area contributed by atoms with E-state index in [0.29, 0.717) is 18.3 Å². The zero-order chi connectivity index (χ0) is 21.5. The van der Waals surface area contributed by atoms with Gasteiger partial charge in [0.05, 0.1) is 5.92 Å². The van der Waals surface area contributed by atoms with Gasteiger partial charge < -0.3 is 9.42 Å². The average Bonchev–Trinajstić information content (AvgIpc) is 3.30. The maximum atomic E-state index is 13.7. The third kappa shape index (κ3) is 4.78. The predicted molar refractivity (Wildman–Crippen MR) is 120 cm³/mol. The summed E-state index contributed by atoms with van der Waals surface area (Å²) in [6, 6.07) is 29.2. The van der Waals surface area contributed by atoms with Gasteiger partial charge in [-0.15, -0.1) is 6.58 Å². The van der Waals surface area contributed by atoms with Crippen LogP contribution in [0.3, 0.4) is 0 Å². The number of carbonyl (C=O) groups excluding carboxylic acids is 1. The van der Waals surface area contributed by atoms with Crippen LogP contribution in [0.1, 0.15) is 22.9 Å². The van der Waals surface area contributed by atoms with Crippen molar-refractivity contribution in [3.05, 3.63) is 121 Å². The fourth-order valence-corrected chi connectivity index (χ4v) is 3.53. The molecule has 4 aromatic rings. The van der Waals surface area contributed by atoms with Gasteiger partial charge in [0.15, 0.2) is 0 Å². The first-order valence-electron chi connectivity index (χ1n) is 10.1. The van der Waals surface area contributed by atoms with Crippen LogP contribution in [0.4, 0.5) is 0 Å². The standard InChI is InChI=1S/C26H23N3O2/c1-2-18-29(19-23-27-25(28-31-23)22-16-10-5-11-17-22)26(30)24(20-12-6-3-7-13-20)21-14-8-4-9-15-21/h2-17,24H,1,18-19H2. The molecule has 1 aromatic heterocycles. The summed E-state index contributed by atoms with van der Waals surface area (Å²) in [5, 5.41) is 4.07. The fraction of sp³-hybridized carbons (Fsp3) is 0.115. The molecule has 5 heteroatoms. The van der Waals surface area contributed by atoms with Crippen LogP contribution in [-0.4, -0.2) is 27.5 Å². The second-order valence-corrected chi connectivity index (χ2v) is 7.14. The molecule has 0 N–H and O–H groups in total. The van der Waals surface area contributed by atoms with Crippen LogP contribution < -0.4 is 0 Å². The second kappa shape index (κ2) is 9.67. The lowest BCUT2D eigenvalue weighted by Crippen LogP contribution is -2.35. The van der Waals surface area contributed by atoms with Crippen molar-refractivity contribution >= 4 is 5.91 Å². The van der Waals surface area contributed by atoms with Crippen LogP contribution in [0.2, 0.25) is 0 Å². The van der Waals surface area contributed by atoms with Crippen LogP contribution in [0.15, 0.2) is 108 Å². The largest absolute Gasteiger partial charge is 0.337 e. The van der Waals surface area contributed by atoms with Gasteiger partial charge in [0, 0.05) is 12.1 Å². The molecular formula is C26H23N3O2. The maximum absolute atomic E-state index is 13.7. The van der Waals surface area contributed by atoms with Crippen molar-refractivity contribution in [1.82, 2.24) is 15.0 Å². The number of rotatable bonds is 8. The Morgan fingerprint density at radius 3 is 2.00 bits per heavy atom. The van der Waals surface area contributed by atoms with Crippen LogP contribution in [0, 0.1) is 0 Å². The van der Waals surface area contributed by atoms with Gasteiger partial charge in [-0.1, -0.05) is 102 Å². The normalized spacial score (nSPS) is 10.7. The Balaban J connectivity index is 1.62. The van der Waals surface area contributed by atoms with Gasteiger partial charge in [0.1, 0.15) is 6.54 Å². The monoisotopic (exact) mass is 409 g/mol. The highest BCUT2D eigenvalue weighted by Crippen LogP contribution is 2.27. The van der Waals surface area contributed by atoms with E-state index in [1.807, 2.05) is 91.0 Å². The lowest BCUT2D eigenvalue weighted by molar-refractivity contribution is -0.132. The second-order valence-electron chi connectivity index (χ2n) is 7.14. The highest BCUT2D eigenvalue weighted by molar-refractivity contribution is 5.87. The topological polar surface area (TPSA) is 59.2 Å². The molecule has 31 heavy (non-hydrogen) atoms. The molecule has 0 bridgehead atoms. The van der Waals surface area contributed by atoms with Crippen LogP contribution in [-0.2, 0) is 11.3 Å². The zero-order valence-corrected chi connectivity index (χ0v) is 17.1. The molecule has 3 aromatic carbocycles. The Labute approximate surface area is 181 Å². The first-order valence-corrected chi connectivity index (χ1v) is 10.1. The van der Waals surface area contributed by atoms with E-state index in [1.165, 1.54) is 0 Å². The van der Waals surface area contributed by atoms with Crippen LogP contribution in [0.25, 0.3) is 11.4 Å². The number of carbonyl (C=O) groups is 1. The van der Waals surface area contributed by atoms with Crippen LogP contribution >= 0.6 is 0 Å². The van der Waals surface area contributed by atoms with E-state index in [-0.39, 0.29) is 12.5 Å². The molecule has 4 rings (SSSR count). The maximum Gasteiger partial charge on any atom is 0.246 e. The Kier molecular flexibility index (Phi) is 6.33. The molecule has 154 valence electrons. The SMILES string of the molecule is C=CCN(Cc1nc(-c2ccccc2)no1)C(=O)C(c1ccccc1)c1ccccc1. The molecule has 0 saturated carbocycles. The van der Waals surface area contributed by atoms with Gasteiger partial charge in [-0.3, -0.25) is 4.79 Å². The Hall–Kier alpha value is -3.99. The van der Waals surface area contributed by atoms with Crippen molar-refractivity contribution in [3.8, 4) is 11.4 Å². The van der Waals surface area contributed by atoms with E-state index in [4.69, 9.17) is 4.52 Å². The number of benzene rings is 3. The number of amides is 1. The lowest BCUT2D eigenvalue weighted by Gasteiger charge is -2.26. The molecule has 0 atom stereocenters. The van der Waals surface area contributed by atoms with Crippen molar-refractivity contribution in [3.63, 3.8) is 0 Å². The molecule has 0 aliphatic rings. The van der Waals surface area contributed by atoms with E-state index in [2.05, 4.69) is 16.7 Å². The molecule has 0 saturated heterocycles. The third-order valence-electron chi connectivity index (χ3n) is 5.00. The Morgan fingerprint density at radius 1 is 0.903 bits per heavy atom. The van der Waals surface area contributed by atoms with Crippen molar-refractivity contribution in [2.24, 2.45) is 0 Å². The zero-order valence-electron chi connectivity index (χ0n) is 17.1. The fourth-order valence-electron chi connectivity index (χ4n) is 3.53. The minimum atomic E-state index is -0.432. The van der Waals surface area contributed by atoms with E-state index in [0.717, 1.165) is 16.7 Å². The lowest BCUT2D eigenvalue weighted by atomic mass is 9.90. The highest BCUT2D eigenvalue weighted by atomic mass is 16.5. The molecule has 5 nitrogen and oxygen atoms in total. The van der Waals surface area contributed by atoms with Gasteiger partial charge in [-0.2, -0.15) is 4.98 Å². The average molecular weight is 409 g/mol. The summed E-state index contributed by atoms with van der Waals surface area (Å²) in [6.07, 6.45) is 1.71. The smallest absolute Gasteiger partial charge is 0.246 e. The van der Waals surface area contributed by atoms with Gasteiger partial charge in [-0.05, 0) is 11.1 Å². The number of hydrogen-bond donors (Lipinski definition) is 0. The van der Waals surface area contributed by atoms with E-state index in [9.17, 15) is 4.79 Å². The van der Waals surface area contributed by atoms with Crippen molar-refractivity contribution < 1.29 is 9.32 Å². The van der Waals surface area contributed by atoms with E-state index >= 15 is 0 Å². The molecular weight excluding hydrogens is 386 g/mol. The Bertz CT molecular complexity index is 1090. The quantitative estimate of drug-likeness (QED) is 0.381. The van der Waals surface area contributed by atoms with Gasteiger partial charge >= 0.3 is 0 Å². The molecule has 0 spiro atoms. The van der Waals surface area contributed by atoms with Gasteiger partial charge in [-0.25, -0.2) is 0 Å². The number of aromatic nitrogens is 2. The van der Waals surface area contributed by atoms with Crippen LogP contribution in [0.5, 0.6) is 0 Å². The third-order valence-corrected chi connectivity index (χ3v) is 5.00. The van der Waals surface area contributed by atoms with E-state index in [1.54, 1.807) is 11.0 Å². The molecule has 0 unspecified atom stereocenters. The molecule has 0 radical (unpaired) electrons. The molecule has 0 fully saturated rings. The highest BCUT2D eigenvalue weighted by Gasteiger charge is 2.28.